The van der Waals surface area contributed by atoms with Crippen LogP contribution in [0.3, 0.4) is 0 Å². The predicted molar refractivity (Wildman–Crippen MR) is 305 cm³/mol. The maximum atomic E-state index is 2.40. The summed E-state index contributed by atoms with van der Waals surface area (Å²) >= 11 is 0. The Kier molecular flexibility index (Phi) is 48.1. The lowest BCUT2D eigenvalue weighted by Crippen LogP contribution is -2.26. The number of hydrogen-bond acceptors (Lipinski definition) is 0. The SMILES string of the molecule is C.C.C.C.CC.CC.CC.CC(C)(C)c1ccccc1.CC(C)c1cccc(C(C)(C)C)c1.CCC(C)(C)C.CCC1CCCC(C(C)(C)C)C1.Cc1ccc(C(C)(C)C)cc1C. The predicted octanol–water partition coefficient (Wildman–Crippen LogP) is 23.0. The van der Waals surface area contributed by atoms with Gasteiger partial charge in [-0.15, -0.1) is 0 Å². The van der Waals surface area contributed by atoms with Crippen LogP contribution in [0.4, 0.5) is 0 Å². The zero-order valence-electron chi connectivity index (χ0n) is 45.4. The van der Waals surface area contributed by atoms with E-state index in [1.807, 2.05) is 41.5 Å². The van der Waals surface area contributed by atoms with Crippen LogP contribution in [0.15, 0.2) is 72.8 Å². The largest absolute Gasteiger partial charge is 0.0776 e. The maximum Gasteiger partial charge on any atom is -0.0132 e. The van der Waals surface area contributed by atoms with Gasteiger partial charge in [-0.2, -0.15) is 0 Å². The zero-order valence-corrected chi connectivity index (χ0v) is 45.4. The molecule has 0 spiro atoms. The molecule has 0 radical (unpaired) electrons. The summed E-state index contributed by atoms with van der Waals surface area (Å²) < 4.78 is 0. The highest BCUT2D eigenvalue weighted by Crippen LogP contribution is 2.41. The van der Waals surface area contributed by atoms with Crippen molar-refractivity contribution in [2.24, 2.45) is 22.7 Å². The van der Waals surface area contributed by atoms with Crippen LogP contribution in [0.2, 0.25) is 0 Å². The van der Waals surface area contributed by atoms with Gasteiger partial charge in [-0.1, -0.05) is 301 Å². The van der Waals surface area contributed by atoms with Crippen molar-refractivity contribution in [3.8, 4) is 0 Å². The minimum atomic E-state index is 0. The molecular formula is C63H124. The second kappa shape index (κ2) is 38.9. The Morgan fingerprint density at radius 3 is 1.21 bits per heavy atom. The van der Waals surface area contributed by atoms with Crippen molar-refractivity contribution in [2.75, 3.05) is 0 Å². The number of aryl methyl sites for hydroxylation is 2. The second-order valence-electron chi connectivity index (χ2n) is 21.6. The zero-order chi connectivity index (χ0) is 47.4. The van der Waals surface area contributed by atoms with E-state index >= 15 is 0 Å². The first-order chi connectivity index (χ1) is 27.0. The van der Waals surface area contributed by atoms with Gasteiger partial charge >= 0.3 is 0 Å². The van der Waals surface area contributed by atoms with E-state index in [0.29, 0.717) is 22.2 Å². The van der Waals surface area contributed by atoms with Gasteiger partial charge in [0.2, 0.25) is 0 Å². The Hall–Kier alpha value is -2.34. The summed E-state index contributed by atoms with van der Waals surface area (Å²) in [5, 5.41) is 0. The van der Waals surface area contributed by atoms with Crippen LogP contribution in [0.25, 0.3) is 0 Å². The summed E-state index contributed by atoms with van der Waals surface area (Å²) in [4.78, 5) is 0. The highest BCUT2D eigenvalue weighted by atomic mass is 14.3. The lowest BCUT2D eigenvalue weighted by atomic mass is 9.69. The monoisotopic (exact) mass is 881 g/mol. The first-order valence-electron chi connectivity index (χ1n) is 24.3. The highest BCUT2D eigenvalue weighted by molar-refractivity contribution is 5.33. The van der Waals surface area contributed by atoms with Gasteiger partial charge in [0.25, 0.3) is 0 Å². The van der Waals surface area contributed by atoms with Gasteiger partial charge in [-0.3, -0.25) is 0 Å². The van der Waals surface area contributed by atoms with Gasteiger partial charge in [0.15, 0.2) is 0 Å². The van der Waals surface area contributed by atoms with Gasteiger partial charge in [-0.05, 0) is 105 Å². The lowest BCUT2D eigenvalue weighted by molar-refractivity contribution is 0.139. The van der Waals surface area contributed by atoms with E-state index < -0.39 is 0 Å². The Morgan fingerprint density at radius 2 is 0.889 bits per heavy atom. The molecule has 63 heavy (non-hydrogen) atoms. The molecule has 0 heteroatoms. The lowest BCUT2D eigenvalue weighted by Gasteiger charge is -2.37. The molecule has 0 aliphatic heterocycles. The molecule has 0 aromatic heterocycles. The van der Waals surface area contributed by atoms with Crippen LogP contribution in [-0.4, -0.2) is 0 Å². The number of hydrogen-bond donors (Lipinski definition) is 0. The second-order valence-corrected chi connectivity index (χ2v) is 21.6. The molecule has 1 fully saturated rings. The molecule has 0 bridgehead atoms. The highest BCUT2D eigenvalue weighted by Gasteiger charge is 2.29. The summed E-state index contributed by atoms with van der Waals surface area (Å²) in [5.74, 6) is 2.64. The standard InChI is InChI=1S/C13H20.C12H18.C12H24.C10H14.C6H14.3C2H6.4CH4/c1-10(2)11-7-6-8-12(9-11)13(3,4)5;1-9-6-7-11(8-10(9)2)12(3,4)5;1-5-10-7-6-8-11(9-10)12(2,3)4;1-10(2,3)9-7-5-4-6-8-9;1-5-6(2,3)4;3*1-2;;;;/h6-10H,1-5H3;6-8H,1-5H3;10-11H,5-9H2,1-4H3;4-8H,1-3H3;5H2,1-4H3;3*1-2H3;4*1H4. The molecule has 0 N–H and O–H groups in total. The summed E-state index contributed by atoms with van der Waals surface area (Å²) in [6, 6.07) is 26.2. The Balaban J connectivity index is -0.0000000968. The molecule has 0 amide bonds. The Labute approximate surface area is 404 Å². The minimum Gasteiger partial charge on any atom is -0.0776 e. The summed E-state index contributed by atoms with van der Waals surface area (Å²) in [6.07, 6.45) is 8.59. The molecule has 0 nitrogen and oxygen atoms in total. The van der Waals surface area contributed by atoms with E-state index in [9.17, 15) is 0 Å². The van der Waals surface area contributed by atoms with E-state index in [0.717, 1.165) is 11.8 Å². The molecular weight excluding hydrogens is 757 g/mol. The molecule has 2 atom stereocenters. The van der Waals surface area contributed by atoms with Crippen molar-refractivity contribution < 1.29 is 0 Å². The Bertz CT molecular complexity index is 1380. The first-order valence-corrected chi connectivity index (χ1v) is 24.3. The van der Waals surface area contributed by atoms with Gasteiger partial charge in [-0.25, -0.2) is 0 Å². The Morgan fingerprint density at radius 1 is 0.492 bits per heavy atom. The van der Waals surface area contributed by atoms with Crippen LogP contribution >= 0.6 is 0 Å². The third-order valence-electron chi connectivity index (χ3n) is 11.1. The van der Waals surface area contributed by atoms with Crippen LogP contribution in [0.1, 0.15) is 281 Å². The summed E-state index contributed by atoms with van der Waals surface area (Å²) in [5.41, 5.74) is 10.4. The topological polar surface area (TPSA) is 0 Å². The van der Waals surface area contributed by atoms with Crippen molar-refractivity contribution in [1.82, 2.24) is 0 Å². The normalized spacial score (nSPS) is 14.1. The molecule has 376 valence electrons. The maximum absolute atomic E-state index is 2.40. The van der Waals surface area contributed by atoms with Gasteiger partial charge in [0.05, 0.1) is 0 Å². The van der Waals surface area contributed by atoms with Crippen LogP contribution < -0.4 is 0 Å². The van der Waals surface area contributed by atoms with E-state index in [1.165, 1.54) is 71.9 Å². The van der Waals surface area contributed by atoms with Crippen LogP contribution in [0.5, 0.6) is 0 Å². The van der Waals surface area contributed by atoms with Crippen LogP contribution in [0, 0.1) is 36.5 Å². The fraction of sp³-hybridized carbons (Fsp3) is 0.714. The van der Waals surface area contributed by atoms with Crippen molar-refractivity contribution in [3.63, 3.8) is 0 Å². The molecule has 1 aliphatic carbocycles. The number of benzene rings is 3. The minimum absolute atomic E-state index is 0. The summed E-state index contributed by atoms with van der Waals surface area (Å²) in [7, 11) is 0. The van der Waals surface area contributed by atoms with Crippen LogP contribution in [-0.2, 0) is 16.2 Å². The van der Waals surface area contributed by atoms with Crippen molar-refractivity contribution in [2.45, 2.75) is 277 Å². The average molecular weight is 882 g/mol. The smallest absolute Gasteiger partial charge is 0.0132 e. The molecule has 4 rings (SSSR count). The van der Waals surface area contributed by atoms with E-state index in [4.69, 9.17) is 0 Å². The van der Waals surface area contributed by atoms with E-state index in [-0.39, 0.29) is 40.5 Å². The van der Waals surface area contributed by atoms with Gasteiger partial charge in [0.1, 0.15) is 0 Å². The first kappa shape index (κ1) is 77.9. The molecule has 0 heterocycles. The molecule has 2 unspecified atom stereocenters. The fourth-order valence-corrected chi connectivity index (χ4v) is 5.96. The average Bonchev–Trinajstić information content (AvgIpc) is 3.18. The van der Waals surface area contributed by atoms with E-state index in [2.05, 4.69) is 218 Å². The van der Waals surface area contributed by atoms with Crippen molar-refractivity contribution in [3.05, 3.63) is 106 Å². The number of rotatable bonds is 2. The van der Waals surface area contributed by atoms with E-state index in [1.54, 1.807) is 0 Å². The molecule has 1 aliphatic rings. The molecule has 0 saturated heterocycles. The molecule has 3 aromatic rings. The fourth-order valence-electron chi connectivity index (χ4n) is 5.96. The van der Waals surface area contributed by atoms with Gasteiger partial charge < -0.3 is 0 Å². The van der Waals surface area contributed by atoms with Gasteiger partial charge in [0, 0.05) is 0 Å². The third kappa shape index (κ3) is 38.6. The molecule has 3 aromatic carbocycles. The van der Waals surface area contributed by atoms with Crippen molar-refractivity contribution in [1.29, 1.82) is 0 Å². The molecule has 1 saturated carbocycles. The third-order valence-corrected chi connectivity index (χ3v) is 11.1. The quantitative estimate of drug-likeness (QED) is 0.241. The van der Waals surface area contributed by atoms with Crippen molar-refractivity contribution >= 4 is 0 Å². The summed E-state index contributed by atoms with van der Waals surface area (Å²) in [6.45, 7) is 59.5.